The number of aryl methyl sites for hydroxylation is 1. The summed E-state index contributed by atoms with van der Waals surface area (Å²) in [6.45, 7) is 0.603. The minimum atomic E-state index is -0.0689. The van der Waals surface area contributed by atoms with E-state index in [-0.39, 0.29) is 26.9 Å². The van der Waals surface area contributed by atoms with Gasteiger partial charge in [0.2, 0.25) is 0 Å². The topological polar surface area (TPSA) is 26.3 Å². The molecule has 0 aliphatic rings. The summed E-state index contributed by atoms with van der Waals surface area (Å²) >= 11 is 0.190. The minimum absolute atomic E-state index is 0.0689. The molecule has 88 valence electrons. The van der Waals surface area contributed by atoms with Gasteiger partial charge in [-0.15, -0.1) is 0 Å². The third-order valence-electron chi connectivity index (χ3n) is 2.22. The van der Waals surface area contributed by atoms with Crippen LogP contribution in [0.3, 0.4) is 0 Å². The van der Waals surface area contributed by atoms with E-state index in [1.165, 1.54) is 10.0 Å². The van der Waals surface area contributed by atoms with E-state index in [1.807, 2.05) is 30.3 Å². The van der Waals surface area contributed by atoms with Gasteiger partial charge in [-0.1, -0.05) is 0 Å². The molecule has 0 spiro atoms. The van der Waals surface area contributed by atoms with Gasteiger partial charge in [-0.25, -0.2) is 0 Å². The van der Waals surface area contributed by atoms with Crippen LogP contribution in [-0.2, 0) is 16.0 Å². The Morgan fingerprint density at radius 3 is 2.75 bits per heavy atom. The van der Waals surface area contributed by atoms with Crippen molar-refractivity contribution in [1.29, 1.82) is 0 Å². The molecule has 0 saturated carbocycles. The van der Waals surface area contributed by atoms with Crippen LogP contribution in [0.5, 0.6) is 0 Å². The molecule has 0 fully saturated rings. The molecule has 0 amide bonds. The standard InChI is InChI=1S/C13H18O2Te/c1-16-11-5-10-15-13(14)9-8-12-6-3-2-4-7-12/h2-4,6-7H,5,8-11H2,1H3. The first-order valence-electron chi connectivity index (χ1n) is 5.51. The van der Waals surface area contributed by atoms with Crippen LogP contribution in [0.15, 0.2) is 30.3 Å². The normalized spacial score (nSPS) is 10.1. The molecule has 1 aromatic rings. The van der Waals surface area contributed by atoms with Crippen LogP contribution in [-0.4, -0.2) is 33.5 Å². The molecule has 3 heteroatoms. The molecular weight excluding hydrogens is 316 g/mol. The molecule has 0 radical (unpaired) electrons. The Morgan fingerprint density at radius 1 is 1.31 bits per heavy atom. The van der Waals surface area contributed by atoms with Crippen LogP contribution in [0.25, 0.3) is 0 Å². The second-order valence-corrected chi connectivity index (χ2v) is 6.37. The van der Waals surface area contributed by atoms with Crippen molar-refractivity contribution < 1.29 is 9.53 Å². The molecule has 0 heterocycles. The molecule has 2 nitrogen and oxygen atoms in total. The number of benzene rings is 1. The summed E-state index contributed by atoms with van der Waals surface area (Å²) in [5.41, 5.74) is 1.19. The molecule has 0 N–H and O–H groups in total. The zero-order chi connectivity index (χ0) is 11.6. The number of esters is 1. The van der Waals surface area contributed by atoms with Crippen molar-refractivity contribution in [3.8, 4) is 0 Å². The molecule has 0 bridgehead atoms. The van der Waals surface area contributed by atoms with E-state index < -0.39 is 0 Å². The van der Waals surface area contributed by atoms with Crippen molar-refractivity contribution in [3.05, 3.63) is 35.9 Å². The molecule has 16 heavy (non-hydrogen) atoms. The molecule has 1 aromatic carbocycles. The third-order valence-corrected chi connectivity index (χ3v) is 4.21. The van der Waals surface area contributed by atoms with Gasteiger partial charge in [0.05, 0.1) is 0 Å². The molecule has 0 saturated heterocycles. The third kappa shape index (κ3) is 6.15. The van der Waals surface area contributed by atoms with E-state index >= 15 is 0 Å². The molecule has 0 aromatic heterocycles. The van der Waals surface area contributed by atoms with E-state index in [9.17, 15) is 4.79 Å². The van der Waals surface area contributed by atoms with Crippen molar-refractivity contribution in [1.82, 2.24) is 0 Å². The number of rotatable bonds is 7. The molecule has 1 rings (SSSR count). The number of ether oxygens (including phenoxy) is 1. The van der Waals surface area contributed by atoms with Crippen molar-refractivity contribution in [2.24, 2.45) is 0 Å². The van der Waals surface area contributed by atoms with Gasteiger partial charge >= 0.3 is 108 Å². The predicted octanol–water partition coefficient (Wildman–Crippen LogP) is 2.72. The van der Waals surface area contributed by atoms with Gasteiger partial charge < -0.3 is 0 Å². The summed E-state index contributed by atoms with van der Waals surface area (Å²) in [7, 11) is 0. The number of carbonyl (C=O) groups excluding carboxylic acids is 1. The Balaban J connectivity index is 2.11. The van der Waals surface area contributed by atoms with Gasteiger partial charge in [-0.2, -0.15) is 0 Å². The Morgan fingerprint density at radius 2 is 2.06 bits per heavy atom. The molecule has 0 aliphatic heterocycles. The maximum atomic E-state index is 11.4. The number of hydrogen-bond donors (Lipinski definition) is 0. The van der Waals surface area contributed by atoms with Crippen LogP contribution in [0.2, 0.25) is 9.44 Å². The quantitative estimate of drug-likeness (QED) is 0.436. The van der Waals surface area contributed by atoms with Gasteiger partial charge in [0.25, 0.3) is 0 Å². The maximum absolute atomic E-state index is 11.4. The van der Waals surface area contributed by atoms with Gasteiger partial charge in [0.15, 0.2) is 0 Å². The Bertz CT molecular complexity index is 298. The molecule has 0 atom stereocenters. The van der Waals surface area contributed by atoms with E-state index in [4.69, 9.17) is 4.74 Å². The second kappa shape index (κ2) is 8.61. The fourth-order valence-electron chi connectivity index (χ4n) is 1.35. The zero-order valence-electron chi connectivity index (χ0n) is 9.65. The molecule has 0 unspecified atom stereocenters. The summed E-state index contributed by atoms with van der Waals surface area (Å²) in [6.07, 6.45) is 2.31. The SMILES string of the molecule is C[Te]CCCOC(=O)CCc1ccccc1. The van der Waals surface area contributed by atoms with Crippen LogP contribution in [0.1, 0.15) is 18.4 Å². The average molecular weight is 334 g/mol. The van der Waals surface area contributed by atoms with E-state index in [0.29, 0.717) is 13.0 Å². The molecular formula is C13H18O2Te. The monoisotopic (exact) mass is 336 g/mol. The van der Waals surface area contributed by atoms with Gasteiger partial charge in [-0.05, 0) is 0 Å². The first-order chi connectivity index (χ1) is 7.83. The summed E-state index contributed by atoms with van der Waals surface area (Å²) in [5, 5.41) is 0. The Kier molecular flexibility index (Phi) is 7.29. The summed E-state index contributed by atoms with van der Waals surface area (Å²) in [5.74, 6) is -0.0689. The van der Waals surface area contributed by atoms with Crippen LogP contribution >= 0.6 is 0 Å². The van der Waals surface area contributed by atoms with Crippen molar-refractivity contribution >= 4 is 26.9 Å². The van der Waals surface area contributed by atoms with Gasteiger partial charge in [0.1, 0.15) is 0 Å². The van der Waals surface area contributed by atoms with Crippen LogP contribution < -0.4 is 0 Å². The van der Waals surface area contributed by atoms with Crippen molar-refractivity contribution in [3.63, 3.8) is 0 Å². The summed E-state index contributed by atoms with van der Waals surface area (Å²) < 4.78 is 6.41. The fraction of sp³-hybridized carbons (Fsp3) is 0.462. The van der Waals surface area contributed by atoms with E-state index in [1.54, 1.807) is 0 Å². The average Bonchev–Trinajstić information content (AvgIpc) is 2.33. The Hall–Kier alpha value is -0.520. The number of carbonyl (C=O) groups is 1. The first-order valence-corrected chi connectivity index (χ1v) is 9.49. The van der Waals surface area contributed by atoms with Crippen molar-refractivity contribution in [2.45, 2.75) is 28.7 Å². The Labute approximate surface area is 107 Å². The molecule has 0 aliphatic carbocycles. The zero-order valence-corrected chi connectivity index (χ0v) is 12.0. The summed E-state index contributed by atoms with van der Waals surface area (Å²) in [6, 6.07) is 10.0. The van der Waals surface area contributed by atoms with Crippen LogP contribution in [0.4, 0.5) is 0 Å². The second-order valence-electron chi connectivity index (χ2n) is 3.55. The first kappa shape index (κ1) is 13.5. The van der Waals surface area contributed by atoms with Crippen molar-refractivity contribution in [2.75, 3.05) is 6.61 Å². The predicted molar refractivity (Wildman–Crippen MR) is 66.8 cm³/mol. The summed E-state index contributed by atoms with van der Waals surface area (Å²) in [4.78, 5) is 13.6. The van der Waals surface area contributed by atoms with Crippen LogP contribution in [0, 0.1) is 0 Å². The van der Waals surface area contributed by atoms with Gasteiger partial charge in [-0.3, -0.25) is 0 Å². The fourth-order valence-corrected chi connectivity index (χ4v) is 2.51. The van der Waals surface area contributed by atoms with E-state index in [0.717, 1.165) is 12.8 Å². The van der Waals surface area contributed by atoms with E-state index in [2.05, 4.69) is 4.97 Å². The van der Waals surface area contributed by atoms with Gasteiger partial charge in [0, 0.05) is 0 Å². The number of hydrogen-bond acceptors (Lipinski definition) is 2.